The van der Waals surface area contributed by atoms with Crippen LogP contribution in [0.1, 0.15) is 27.0 Å². The van der Waals surface area contributed by atoms with Gasteiger partial charge >= 0.3 is 0 Å². The number of para-hydroxylation sites is 1. The van der Waals surface area contributed by atoms with Gasteiger partial charge in [-0.3, -0.25) is 18.8 Å². The maximum atomic E-state index is 13.6. The minimum absolute atomic E-state index is 0.00946. The molecule has 0 bridgehead atoms. The fraction of sp³-hybridized carbons (Fsp3) is 0.267. The van der Waals surface area contributed by atoms with Crippen molar-refractivity contribution >= 4 is 32.5 Å². The van der Waals surface area contributed by atoms with Crippen LogP contribution in [0.2, 0.25) is 0 Å². The highest BCUT2D eigenvalue weighted by Crippen LogP contribution is 2.29. The Balaban J connectivity index is 1.39. The van der Waals surface area contributed by atoms with Crippen molar-refractivity contribution in [3.05, 3.63) is 105 Å². The van der Waals surface area contributed by atoms with Crippen LogP contribution in [0.15, 0.2) is 82.6 Å². The topological polar surface area (TPSA) is 93.8 Å². The number of carbonyl (C=O) groups excluding carboxylic acids is 1. The van der Waals surface area contributed by atoms with Gasteiger partial charge in [0.1, 0.15) is 5.56 Å². The Morgan fingerprint density at radius 1 is 0.923 bits per heavy atom. The Morgan fingerprint density at radius 3 is 2.26 bits per heavy atom. The first kappa shape index (κ1) is 26.6. The van der Waals surface area contributed by atoms with Crippen LogP contribution in [0.5, 0.6) is 0 Å². The van der Waals surface area contributed by atoms with E-state index < -0.39 is 15.5 Å². The molecule has 4 aromatic rings. The normalized spacial score (nSPS) is 14.5. The van der Waals surface area contributed by atoms with Crippen LogP contribution in [0.4, 0.5) is 5.69 Å². The number of amides is 1. The average molecular weight is 545 g/mol. The summed E-state index contributed by atoms with van der Waals surface area (Å²) in [6.07, 6.45) is 1.43. The minimum Gasteiger partial charge on any atom is -0.360 e. The maximum Gasteiger partial charge on any atom is 0.264 e. The fourth-order valence-electron chi connectivity index (χ4n) is 5.22. The van der Waals surface area contributed by atoms with Crippen molar-refractivity contribution in [2.75, 3.05) is 37.5 Å². The highest BCUT2D eigenvalue weighted by atomic mass is 32.2. The molecule has 5 rings (SSSR count). The summed E-state index contributed by atoms with van der Waals surface area (Å²) in [7, 11) is -2.44. The van der Waals surface area contributed by atoms with Crippen molar-refractivity contribution in [2.24, 2.45) is 0 Å². The van der Waals surface area contributed by atoms with Crippen molar-refractivity contribution in [3.8, 4) is 0 Å². The standard InChI is InChI=1S/C30H32N4O4S/c1-21-8-7-9-22(2)28(21)32(3)39(37,38)24-12-13-27-25(18-24)29(35)26(19-31-27)30(36)34-16-14-33(15-17-34)20-23-10-5-4-6-11-23/h4-13,18-19H,14-17,20H2,1-3H3,(H,31,35). The number of pyridine rings is 1. The predicted octanol–water partition coefficient (Wildman–Crippen LogP) is 3.93. The van der Waals surface area contributed by atoms with Gasteiger partial charge in [-0.15, -0.1) is 0 Å². The molecular weight excluding hydrogens is 512 g/mol. The zero-order valence-corrected chi connectivity index (χ0v) is 23.2. The zero-order valence-electron chi connectivity index (χ0n) is 22.3. The van der Waals surface area contributed by atoms with Crippen LogP contribution in [-0.2, 0) is 16.6 Å². The molecule has 1 N–H and O–H groups in total. The molecule has 9 heteroatoms. The summed E-state index contributed by atoms with van der Waals surface area (Å²) in [6, 6.07) is 20.2. The summed E-state index contributed by atoms with van der Waals surface area (Å²) in [4.78, 5) is 33.8. The van der Waals surface area contributed by atoms with E-state index in [1.165, 1.54) is 35.2 Å². The van der Waals surface area contributed by atoms with Crippen molar-refractivity contribution < 1.29 is 13.2 Å². The second-order valence-corrected chi connectivity index (χ2v) is 12.0. The molecule has 0 saturated carbocycles. The molecular formula is C30H32N4O4S. The van der Waals surface area contributed by atoms with Gasteiger partial charge in [0.2, 0.25) is 5.43 Å². The van der Waals surface area contributed by atoms with Crippen molar-refractivity contribution in [1.82, 2.24) is 14.8 Å². The number of H-pyrrole nitrogens is 1. The number of aryl methyl sites for hydroxylation is 2. The molecule has 1 saturated heterocycles. The molecule has 0 spiro atoms. The Hall–Kier alpha value is -3.95. The Morgan fingerprint density at radius 2 is 1.59 bits per heavy atom. The number of aromatic nitrogens is 1. The number of carbonyl (C=O) groups is 1. The number of nitrogens with zero attached hydrogens (tertiary/aromatic N) is 3. The van der Waals surface area contributed by atoms with E-state index in [1.807, 2.05) is 50.2 Å². The quantitative estimate of drug-likeness (QED) is 0.397. The minimum atomic E-state index is -3.95. The fourth-order valence-corrected chi connectivity index (χ4v) is 6.57. The van der Waals surface area contributed by atoms with E-state index in [-0.39, 0.29) is 21.8 Å². The molecule has 1 amide bonds. The first-order valence-corrected chi connectivity index (χ1v) is 14.4. The molecule has 1 fully saturated rings. The summed E-state index contributed by atoms with van der Waals surface area (Å²) < 4.78 is 28.4. The van der Waals surface area contributed by atoms with E-state index in [4.69, 9.17) is 0 Å². The molecule has 0 aliphatic carbocycles. The van der Waals surface area contributed by atoms with Gasteiger partial charge in [0, 0.05) is 56.9 Å². The number of fused-ring (bicyclic) bond motifs is 1. The Kier molecular flexibility index (Phi) is 7.29. The summed E-state index contributed by atoms with van der Waals surface area (Å²) in [6.45, 7) is 6.97. The number of nitrogens with one attached hydrogen (secondary N) is 1. The monoisotopic (exact) mass is 544 g/mol. The van der Waals surface area contributed by atoms with Gasteiger partial charge in [0.05, 0.1) is 10.6 Å². The lowest BCUT2D eigenvalue weighted by Gasteiger charge is -2.34. The van der Waals surface area contributed by atoms with E-state index in [2.05, 4.69) is 22.0 Å². The summed E-state index contributed by atoms with van der Waals surface area (Å²) in [5.41, 5.74) is 3.48. The Labute approximate surface area is 228 Å². The molecule has 2 heterocycles. The van der Waals surface area contributed by atoms with Crippen LogP contribution in [0.3, 0.4) is 0 Å². The van der Waals surface area contributed by atoms with Crippen molar-refractivity contribution in [2.45, 2.75) is 25.3 Å². The molecule has 0 unspecified atom stereocenters. The van der Waals surface area contributed by atoms with E-state index >= 15 is 0 Å². The molecule has 8 nitrogen and oxygen atoms in total. The third-order valence-electron chi connectivity index (χ3n) is 7.40. The highest BCUT2D eigenvalue weighted by molar-refractivity contribution is 7.92. The number of benzene rings is 3. The smallest absolute Gasteiger partial charge is 0.264 e. The van der Waals surface area contributed by atoms with Gasteiger partial charge in [0.15, 0.2) is 0 Å². The van der Waals surface area contributed by atoms with Crippen LogP contribution >= 0.6 is 0 Å². The molecule has 1 aliphatic heterocycles. The van der Waals surface area contributed by atoms with Crippen LogP contribution in [-0.4, -0.2) is 62.3 Å². The number of rotatable bonds is 6. The molecule has 1 aromatic heterocycles. The van der Waals surface area contributed by atoms with E-state index in [9.17, 15) is 18.0 Å². The molecule has 1 aliphatic rings. The van der Waals surface area contributed by atoms with Gasteiger partial charge in [-0.05, 0) is 48.7 Å². The van der Waals surface area contributed by atoms with Gasteiger partial charge in [-0.1, -0.05) is 48.5 Å². The first-order valence-electron chi connectivity index (χ1n) is 12.9. The third kappa shape index (κ3) is 5.20. The van der Waals surface area contributed by atoms with Crippen molar-refractivity contribution in [3.63, 3.8) is 0 Å². The molecule has 39 heavy (non-hydrogen) atoms. The van der Waals surface area contributed by atoms with E-state index in [0.717, 1.165) is 17.7 Å². The summed E-state index contributed by atoms with van der Waals surface area (Å²) in [5, 5.41) is 0.166. The lowest BCUT2D eigenvalue weighted by Crippen LogP contribution is -2.49. The summed E-state index contributed by atoms with van der Waals surface area (Å²) >= 11 is 0. The SMILES string of the molecule is Cc1cccc(C)c1N(C)S(=O)(=O)c1ccc2[nH]cc(C(=O)N3CCN(Cc4ccccc4)CC3)c(=O)c2c1. The van der Waals surface area contributed by atoms with Gasteiger partial charge < -0.3 is 9.88 Å². The average Bonchev–Trinajstić information content (AvgIpc) is 2.93. The lowest BCUT2D eigenvalue weighted by molar-refractivity contribution is 0.0627. The third-order valence-corrected chi connectivity index (χ3v) is 9.16. The number of anilines is 1. The molecule has 3 aromatic carbocycles. The summed E-state index contributed by atoms with van der Waals surface area (Å²) in [5.74, 6) is -0.349. The number of aromatic amines is 1. The largest absolute Gasteiger partial charge is 0.360 e. The predicted molar refractivity (Wildman–Crippen MR) is 154 cm³/mol. The highest BCUT2D eigenvalue weighted by Gasteiger charge is 2.27. The second-order valence-electron chi connectivity index (χ2n) is 10.0. The van der Waals surface area contributed by atoms with Gasteiger partial charge in [-0.2, -0.15) is 0 Å². The molecule has 0 atom stereocenters. The van der Waals surface area contributed by atoms with E-state index in [0.29, 0.717) is 37.4 Å². The maximum absolute atomic E-state index is 13.6. The first-order chi connectivity index (χ1) is 18.7. The number of hydrogen-bond acceptors (Lipinski definition) is 5. The molecule has 202 valence electrons. The number of piperazine rings is 1. The second kappa shape index (κ2) is 10.7. The lowest BCUT2D eigenvalue weighted by atomic mass is 10.1. The van der Waals surface area contributed by atoms with Crippen molar-refractivity contribution in [1.29, 1.82) is 0 Å². The number of hydrogen-bond donors (Lipinski definition) is 1. The van der Waals surface area contributed by atoms with Gasteiger partial charge in [0.25, 0.3) is 15.9 Å². The molecule has 0 radical (unpaired) electrons. The zero-order chi connectivity index (χ0) is 27.7. The number of sulfonamides is 1. The van der Waals surface area contributed by atoms with Crippen LogP contribution in [0, 0.1) is 13.8 Å². The Bertz CT molecular complexity index is 1670. The van der Waals surface area contributed by atoms with Crippen LogP contribution in [0.25, 0.3) is 10.9 Å². The van der Waals surface area contributed by atoms with Gasteiger partial charge in [-0.25, -0.2) is 8.42 Å². The van der Waals surface area contributed by atoms with E-state index in [1.54, 1.807) is 11.0 Å². The van der Waals surface area contributed by atoms with Crippen LogP contribution < -0.4 is 9.73 Å².